The van der Waals surface area contributed by atoms with Crippen LogP contribution in [0.15, 0.2) is 182 Å². The van der Waals surface area contributed by atoms with Gasteiger partial charge in [0.05, 0.1) is 22.1 Å². The highest BCUT2D eigenvalue weighted by Gasteiger charge is 2.35. The number of nitrogens with zero attached hydrogens (tertiary/aromatic N) is 2. The fourth-order valence-corrected chi connectivity index (χ4v) is 9.16. The molecule has 250 valence electrons. The summed E-state index contributed by atoms with van der Waals surface area (Å²) in [5, 5.41) is 5.04. The lowest BCUT2D eigenvalue weighted by Gasteiger charge is -2.21. The Morgan fingerprint density at radius 2 is 0.830 bits per heavy atom. The van der Waals surface area contributed by atoms with Crippen LogP contribution >= 0.6 is 0 Å². The zero-order valence-corrected chi connectivity index (χ0v) is 29.7. The van der Waals surface area contributed by atoms with Crippen LogP contribution in [0.1, 0.15) is 25.0 Å². The predicted octanol–water partition coefficient (Wildman–Crippen LogP) is 13.5. The second-order valence-corrected chi connectivity index (χ2v) is 15.0. The highest BCUT2D eigenvalue weighted by atomic mass is 15.0. The molecule has 2 heteroatoms. The first kappa shape index (κ1) is 30.0. The number of benzene rings is 8. The summed E-state index contributed by atoms with van der Waals surface area (Å²) in [6, 6.07) is 67.1. The van der Waals surface area contributed by atoms with Gasteiger partial charge in [0.1, 0.15) is 0 Å². The van der Waals surface area contributed by atoms with Crippen molar-refractivity contribution in [2.45, 2.75) is 19.3 Å². The third-order valence-electron chi connectivity index (χ3n) is 11.7. The van der Waals surface area contributed by atoms with Gasteiger partial charge < -0.3 is 9.13 Å². The van der Waals surface area contributed by atoms with Crippen molar-refractivity contribution in [2.24, 2.45) is 0 Å². The lowest BCUT2D eigenvalue weighted by molar-refractivity contribution is 0.660. The maximum absolute atomic E-state index is 2.45. The molecular weight excluding hydrogens is 641 g/mol. The van der Waals surface area contributed by atoms with Crippen LogP contribution in [0.5, 0.6) is 0 Å². The Morgan fingerprint density at radius 3 is 1.51 bits per heavy atom. The molecule has 0 aliphatic heterocycles. The Kier molecular flexibility index (Phi) is 6.33. The molecule has 2 aromatic heterocycles. The first-order valence-corrected chi connectivity index (χ1v) is 18.5. The molecule has 0 atom stereocenters. The largest absolute Gasteiger partial charge is 0.309 e. The van der Waals surface area contributed by atoms with Crippen molar-refractivity contribution in [2.75, 3.05) is 0 Å². The Balaban J connectivity index is 1.06. The Labute approximate surface area is 308 Å². The van der Waals surface area contributed by atoms with Crippen LogP contribution in [0.4, 0.5) is 0 Å². The van der Waals surface area contributed by atoms with E-state index in [4.69, 9.17) is 0 Å². The molecule has 0 bridgehead atoms. The molecule has 1 aliphatic rings. The van der Waals surface area contributed by atoms with Gasteiger partial charge >= 0.3 is 0 Å². The van der Waals surface area contributed by atoms with Gasteiger partial charge in [-0.15, -0.1) is 0 Å². The van der Waals surface area contributed by atoms with Gasteiger partial charge in [0.25, 0.3) is 0 Å². The first-order valence-electron chi connectivity index (χ1n) is 18.5. The summed E-state index contributed by atoms with van der Waals surface area (Å²) in [6.07, 6.45) is 0. The van der Waals surface area contributed by atoms with E-state index in [2.05, 4.69) is 205 Å². The van der Waals surface area contributed by atoms with Crippen LogP contribution in [-0.2, 0) is 5.41 Å². The summed E-state index contributed by atoms with van der Waals surface area (Å²) in [4.78, 5) is 0. The highest BCUT2D eigenvalue weighted by molar-refractivity contribution is 6.12. The molecular formula is C51H36N2. The number of fused-ring (bicyclic) bond motifs is 9. The number of aromatic nitrogens is 2. The van der Waals surface area contributed by atoms with Gasteiger partial charge in [0.2, 0.25) is 0 Å². The van der Waals surface area contributed by atoms with E-state index in [0.29, 0.717) is 0 Å². The predicted molar refractivity (Wildman–Crippen MR) is 224 cm³/mol. The fourth-order valence-electron chi connectivity index (χ4n) is 9.16. The fraction of sp³-hybridized carbons (Fsp3) is 0.0588. The Hall–Kier alpha value is -6.64. The minimum absolute atomic E-state index is 0.0141. The van der Waals surface area contributed by atoms with Crippen LogP contribution in [0.25, 0.3) is 88.4 Å². The third kappa shape index (κ3) is 4.39. The van der Waals surface area contributed by atoms with Crippen molar-refractivity contribution >= 4 is 43.6 Å². The number of hydrogen-bond acceptors (Lipinski definition) is 0. The molecule has 53 heavy (non-hydrogen) atoms. The molecule has 11 rings (SSSR count). The molecule has 0 N–H and O–H groups in total. The quantitative estimate of drug-likeness (QED) is 0.176. The van der Waals surface area contributed by atoms with Crippen molar-refractivity contribution in [3.05, 3.63) is 193 Å². The van der Waals surface area contributed by atoms with E-state index in [1.54, 1.807) is 0 Å². The molecule has 10 aromatic rings. The molecule has 0 spiro atoms. The molecule has 0 radical (unpaired) electrons. The third-order valence-corrected chi connectivity index (χ3v) is 11.7. The molecule has 0 saturated heterocycles. The molecule has 2 nitrogen and oxygen atoms in total. The van der Waals surface area contributed by atoms with Crippen LogP contribution in [0.2, 0.25) is 0 Å². The zero-order chi connectivity index (χ0) is 35.3. The van der Waals surface area contributed by atoms with Crippen LogP contribution in [0.3, 0.4) is 0 Å². The summed E-state index contributed by atoms with van der Waals surface area (Å²) in [7, 11) is 0. The van der Waals surface area contributed by atoms with Crippen LogP contribution in [0, 0.1) is 0 Å². The molecule has 0 fully saturated rings. The van der Waals surface area contributed by atoms with Gasteiger partial charge in [0.15, 0.2) is 0 Å². The average Bonchev–Trinajstić information content (AvgIpc) is 3.81. The van der Waals surface area contributed by atoms with E-state index in [1.165, 1.54) is 93.8 Å². The highest BCUT2D eigenvalue weighted by Crippen LogP contribution is 2.49. The molecule has 0 amide bonds. The van der Waals surface area contributed by atoms with Crippen molar-refractivity contribution < 1.29 is 0 Å². The number of para-hydroxylation sites is 2. The molecule has 8 aromatic carbocycles. The minimum Gasteiger partial charge on any atom is -0.309 e. The number of hydrogen-bond donors (Lipinski definition) is 0. The second kappa shape index (κ2) is 11.2. The summed E-state index contributed by atoms with van der Waals surface area (Å²) in [5.41, 5.74) is 17.6. The van der Waals surface area contributed by atoms with E-state index < -0.39 is 0 Å². The lowest BCUT2D eigenvalue weighted by Crippen LogP contribution is -2.14. The first-order chi connectivity index (χ1) is 26.0. The van der Waals surface area contributed by atoms with Crippen molar-refractivity contribution in [3.8, 4) is 44.8 Å². The molecule has 1 aliphatic carbocycles. The van der Waals surface area contributed by atoms with Gasteiger partial charge in [-0.2, -0.15) is 0 Å². The summed E-state index contributed by atoms with van der Waals surface area (Å²) < 4.78 is 4.86. The average molecular weight is 677 g/mol. The normalized spacial score (nSPS) is 13.2. The van der Waals surface area contributed by atoms with Gasteiger partial charge in [-0.3, -0.25) is 0 Å². The van der Waals surface area contributed by atoms with E-state index in [0.717, 1.165) is 5.69 Å². The van der Waals surface area contributed by atoms with E-state index >= 15 is 0 Å². The molecule has 0 saturated carbocycles. The molecule has 0 unspecified atom stereocenters. The summed E-state index contributed by atoms with van der Waals surface area (Å²) in [5.74, 6) is 0. The second-order valence-electron chi connectivity index (χ2n) is 15.0. The topological polar surface area (TPSA) is 9.86 Å². The lowest BCUT2D eigenvalue weighted by atomic mass is 9.82. The Bertz CT molecular complexity index is 3080. The Morgan fingerprint density at radius 1 is 0.321 bits per heavy atom. The maximum atomic E-state index is 2.45. The SMILES string of the molecule is CC1(C)c2ccccc2-c2cc(-n3c4ccccc4c4cc(-c5ccc6c(c5)c5ccccc5n6-c5cccc(-c6ccccc6)c5)ccc43)ccc21. The number of rotatable bonds is 4. The van der Waals surface area contributed by atoms with Gasteiger partial charge in [-0.05, 0) is 105 Å². The van der Waals surface area contributed by atoms with Crippen molar-refractivity contribution in [1.29, 1.82) is 0 Å². The summed E-state index contributed by atoms with van der Waals surface area (Å²) in [6.45, 7) is 4.69. The monoisotopic (exact) mass is 676 g/mol. The smallest absolute Gasteiger partial charge is 0.0541 e. The van der Waals surface area contributed by atoms with E-state index in [-0.39, 0.29) is 5.41 Å². The van der Waals surface area contributed by atoms with Crippen LogP contribution < -0.4 is 0 Å². The zero-order valence-electron chi connectivity index (χ0n) is 29.7. The van der Waals surface area contributed by atoms with Gasteiger partial charge in [-0.25, -0.2) is 0 Å². The van der Waals surface area contributed by atoms with Crippen molar-refractivity contribution in [1.82, 2.24) is 9.13 Å². The maximum Gasteiger partial charge on any atom is 0.0541 e. The van der Waals surface area contributed by atoms with Crippen molar-refractivity contribution in [3.63, 3.8) is 0 Å². The van der Waals surface area contributed by atoms with Gasteiger partial charge in [-0.1, -0.05) is 135 Å². The van der Waals surface area contributed by atoms with E-state index in [9.17, 15) is 0 Å². The standard InChI is InChI=1S/C51H36N2/c1-51(2)45-20-9-6-17-39(45)42-32-38(25-26-46(42)51)53-48-22-11-8-19-41(48)44-31-36(24-28-50(44)53)35-23-27-49-43(30-35)40-18-7-10-21-47(40)52(49)37-16-12-15-34(29-37)33-13-4-3-5-14-33/h3-32H,1-2H3. The minimum atomic E-state index is -0.0141. The van der Waals surface area contributed by atoms with Crippen LogP contribution in [-0.4, -0.2) is 9.13 Å². The summed E-state index contributed by atoms with van der Waals surface area (Å²) >= 11 is 0. The van der Waals surface area contributed by atoms with E-state index in [1.807, 2.05) is 0 Å². The molecule has 2 heterocycles. The van der Waals surface area contributed by atoms with Gasteiger partial charge in [0, 0.05) is 38.3 Å².